The number of carboxylic acid groups (broad SMARTS) is 1. The molecule has 4 rings (SSSR count). The lowest BCUT2D eigenvalue weighted by molar-refractivity contribution is -0.143. The molecule has 1 fully saturated rings. The van der Waals surface area contributed by atoms with Crippen LogP contribution in [-0.4, -0.2) is 64.3 Å². The number of ether oxygens (including phenoxy) is 1. The fourth-order valence-electron chi connectivity index (χ4n) is 5.60. The largest absolute Gasteiger partial charge is 0.484 e. The number of hydrogen-bond acceptors (Lipinski definition) is 7. The van der Waals surface area contributed by atoms with Gasteiger partial charge in [-0.25, -0.2) is 13.6 Å². The normalized spacial score (nSPS) is 17.6. The van der Waals surface area contributed by atoms with Crippen LogP contribution >= 0.6 is 0 Å². The molecule has 0 saturated carbocycles. The standard InChI is InChI=1S/C35H39F2N3O8/c1-20(2)17-28(33(44)39-29(18-41)35(46)47)38-31(43)19-48-26-13-5-22(6-14-26)32-27(15-16-30(42)21-3-7-23(36)8-4-21)34(45)40(32)25-11-9-24(37)10-12-25/h3-14,20,27-30,32,41-42H,15-19H2,1-2H3,(H,38,43)(H,39,44)(H,46,47)/t27-,28-,29+,30?,32-/m1/s1. The van der Waals surface area contributed by atoms with Gasteiger partial charge in [0.25, 0.3) is 5.91 Å². The van der Waals surface area contributed by atoms with Crippen molar-refractivity contribution in [2.75, 3.05) is 18.1 Å². The number of rotatable bonds is 16. The molecule has 0 spiro atoms. The molecular formula is C35H39F2N3O8. The zero-order chi connectivity index (χ0) is 35.0. The number of nitrogens with one attached hydrogen (secondary N) is 2. The minimum absolute atomic E-state index is 0.0187. The Morgan fingerprint density at radius 1 is 0.896 bits per heavy atom. The van der Waals surface area contributed by atoms with Crippen molar-refractivity contribution < 1.29 is 48.0 Å². The van der Waals surface area contributed by atoms with Crippen LogP contribution < -0.4 is 20.3 Å². The number of benzene rings is 3. The van der Waals surface area contributed by atoms with Gasteiger partial charge in [-0.15, -0.1) is 0 Å². The smallest absolute Gasteiger partial charge is 0.328 e. The molecule has 3 aromatic carbocycles. The maximum Gasteiger partial charge on any atom is 0.328 e. The van der Waals surface area contributed by atoms with E-state index in [0.717, 1.165) is 5.56 Å². The molecule has 3 aromatic rings. The van der Waals surface area contributed by atoms with Crippen LogP contribution in [0.5, 0.6) is 5.75 Å². The third kappa shape index (κ3) is 9.14. The number of β-lactam (4-membered cyclic amide) rings is 1. The summed E-state index contributed by atoms with van der Waals surface area (Å²) in [5, 5.41) is 33.8. The van der Waals surface area contributed by atoms with Crippen molar-refractivity contribution in [1.29, 1.82) is 0 Å². The minimum Gasteiger partial charge on any atom is -0.484 e. The van der Waals surface area contributed by atoms with Gasteiger partial charge in [-0.2, -0.15) is 0 Å². The summed E-state index contributed by atoms with van der Waals surface area (Å²) in [6.07, 6.45) is -0.106. The van der Waals surface area contributed by atoms with Crippen LogP contribution in [0, 0.1) is 23.5 Å². The average molecular weight is 668 g/mol. The third-order valence-corrected chi connectivity index (χ3v) is 8.07. The molecule has 1 aliphatic rings. The lowest BCUT2D eigenvalue weighted by Crippen LogP contribution is -2.55. The van der Waals surface area contributed by atoms with Gasteiger partial charge < -0.3 is 35.6 Å². The highest BCUT2D eigenvalue weighted by Gasteiger charge is 2.48. The van der Waals surface area contributed by atoms with E-state index in [1.54, 1.807) is 29.2 Å². The number of amides is 3. The predicted molar refractivity (Wildman–Crippen MR) is 171 cm³/mol. The summed E-state index contributed by atoms with van der Waals surface area (Å²) in [5.74, 6) is -4.03. The topological polar surface area (TPSA) is 165 Å². The van der Waals surface area contributed by atoms with Crippen molar-refractivity contribution in [2.45, 2.75) is 57.3 Å². The van der Waals surface area contributed by atoms with Crippen molar-refractivity contribution >= 4 is 29.4 Å². The van der Waals surface area contributed by atoms with Crippen molar-refractivity contribution in [3.8, 4) is 5.75 Å². The van der Waals surface area contributed by atoms with Crippen LogP contribution in [-0.2, 0) is 19.2 Å². The Hall–Kier alpha value is -4.88. The number of anilines is 1. The van der Waals surface area contributed by atoms with E-state index in [4.69, 9.17) is 9.84 Å². The first kappa shape index (κ1) is 36.0. The predicted octanol–water partition coefficient (Wildman–Crippen LogP) is 3.65. The van der Waals surface area contributed by atoms with Crippen molar-refractivity contribution in [3.63, 3.8) is 0 Å². The monoisotopic (exact) mass is 667 g/mol. The first-order valence-electron chi connectivity index (χ1n) is 15.6. The molecule has 256 valence electrons. The van der Waals surface area contributed by atoms with Crippen LogP contribution in [0.3, 0.4) is 0 Å². The number of hydrogen-bond donors (Lipinski definition) is 5. The zero-order valence-corrected chi connectivity index (χ0v) is 26.5. The fraction of sp³-hybridized carbons (Fsp3) is 0.371. The van der Waals surface area contributed by atoms with Gasteiger partial charge in [0.1, 0.15) is 29.5 Å². The van der Waals surface area contributed by atoms with Crippen LogP contribution in [0.15, 0.2) is 72.8 Å². The summed E-state index contributed by atoms with van der Waals surface area (Å²) in [4.78, 5) is 51.4. The number of halogens is 2. The molecule has 0 aromatic heterocycles. The number of aliphatic hydroxyl groups excluding tert-OH is 2. The Bertz CT molecular complexity index is 1570. The molecule has 1 saturated heterocycles. The molecule has 1 heterocycles. The Morgan fingerprint density at radius 2 is 1.50 bits per heavy atom. The molecule has 1 unspecified atom stereocenters. The van der Waals surface area contributed by atoms with E-state index in [1.807, 2.05) is 13.8 Å². The van der Waals surface area contributed by atoms with Crippen molar-refractivity contribution in [3.05, 3.63) is 95.6 Å². The highest BCUT2D eigenvalue weighted by atomic mass is 19.1. The zero-order valence-electron chi connectivity index (χ0n) is 26.5. The highest BCUT2D eigenvalue weighted by Crippen LogP contribution is 2.46. The molecule has 11 nitrogen and oxygen atoms in total. The second-order valence-corrected chi connectivity index (χ2v) is 12.1. The molecule has 5 atom stereocenters. The number of carbonyl (C=O) groups is 4. The molecular weight excluding hydrogens is 628 g/mol. The molecule has 3 amide bonds. The van der Waals surface area contributed by atoms with Gasteiger partial charge in [0.15, 0.2) is 6.61 Å². The molecule has 48 heavy (non-hydrogen) atoms. The van der Waals surface area contributed by atoms with E-state index < -0.39 is 72.8 Å². The number of aliphatic hydroxyl groups is 2. The van der Waals surface area contributed by atoms with Gasteiger partial charge in [0.05, 0.1) is 24.7 Å². The van der Waals surface area contributed by atoms with Crippen LogP contribution in [0.1, 0.15) is 56.4 Å². The van der Waals surface area contributed by atoms with Crippen molar-refractivity contribution in [2.24, 2.45) is 11.8 Å². The summed E-state index contributed by atoms with van der Waals surface area (Å²) >= 11 is 0. The highest BCUT2D eigenvalue weighted by molar-refractivity contribution is 6.03. The van der Waals surface area contributed by atoms with Gasteiger partial charge in [0, 0.05) is 5.69 Å². The summed E-state index contributed by atoms with van der Waals surface area (Å²) in [6.45, 7) is 2.40. The SMILES string of the molecule is CC(C)C[C@@H](NC(=O)COc1ccc([C@@H]2[C@@H](CCC(O)c3ccc(F)cc3)C(=O)N2c2ccc(F)cc2)cc1)C(=O)N[C@@H](CO)C(=O)O. The van der Waals surface area contributed by atoms with E-state index in [1.165, 1.54) is 48.5 Å². The van der Waals surface area contributed by atoms with E-state index in [0.29, 0.717) is 23.4 Å². The lowest BCUT2D eigenvalue weighted by Gasteiger charge is -2.48. The lowest BCUT2D eigenvalue weighted by atomic mass is 9.78. The van der Waals surface area contributed by atoms with E-state index in [9.17, 15) is 38.2 Å². The van der Waals surface area contributed by atoms with Gasteiger partial charge in [-0.1, -0.05) is 38.1 Å². The number of nitrogens with zero attached hydrogens (tertiary/aromatic N) is 1. The average Bonchev–Trinajstić information content (AvgIpc) is 3.05. The van der Waals surface area contributed by atoms with E-state index >= 15 is 0 Å². The van der Waals surface area contributed by atoms with Crippen molar-refractivity contribution in [1.82, 2.24) is 10.6 Å². The third-order valence-electron chi connectivity index (χ3n) is 8.07. The molecule has 0 bridgehead atoms. The Kier molecular flexibility index (Phi) is 12.2. The first-order chi connectivity index (χ1) is 22.9. The second kappa shape index (κ2) is 16.3. The molecule has 1 aliphatic heterocycles. The van der Waals surface area contributed by atoms with Crippen LogP contribution in [0.4, 0.5) is 14.5 Å². The second-order valence-electron chi connectivity index (χ2n) is 12.1. The quantitative estimate of drug-likeness (QED) is 0.145. The van der Waals surface area contributed by atoms with Gasteiger partial charge in [-0.3, -0.25) is 14.4 Å². The maximum absolute atomic E-state index is 13.6. The minimum atomic E-state index is -1.51. The van der Waals surface area contributed by atoms with Gasteiger partial charge in [-0.05, 0) is 84.8 Å². The Labute approximate surface area is 276 Å². The van der Waals surface area contributed by atoms with E-state index in [2.05, 4.69) is 10.6 Å². The summed E-state index contributed by atoms with van der Waals surface area (Å²) in [6, 6.07) is 14.8. The number of carboxylic acids is 1. The number of aliphatic carboxylic acids is 1. The van der Waals surface area contributed by atoms with Gasteiger partial charge in [0.2, 0.25) is 11.8 Å². The Morgan fingerprint density at radius 3 is 2.06 bits per heavy atom. The molecule has 5 N–H and O–H groups in total. The summed E-state index contributed by atoms with van der Waals surface area (Å²) in [7, 11) is 0. The first-order valence-corrected chi connectivity index (χ1v) is 15.6. The number of carbonyl (C=O) groups excluding carboxylic acids is 3. The molecule has 0 aliphatic carbocycles. The molecule has 13 heteroatoms. The van der Waals surface area contributed by atoms with Gasteiger partial charge >= 0.3 is 5.97 Å². The molecule has 0 radical (unpaired) electrons. The summed E-state index contributed by atoms with van der Waals surface area (Å²) in [5.41, 5.74) is 1.78. The Balaban J connectivity index is 1.42. The van der Waals surface area contributed by atoms with Crippen LogP contribution in [0.2, 0.25) is 0 Å². The maximum atomic E-state index is 13.6. The van der Waals surface area contributed by atoms with E-state index in [-0.39, 0.29) is 24.7 Å². The fourth-order valence-corrected chi connectivity index (χ4v) is 5.60. The summed E-state index contributed by atoms with van der Waals surface area (Å²) < 4.78 is 32.6. The van der Waals surface area contributed by atoms with Crippen LogP contribution in [0.25, 0.3) is 0 Å².